The van der Waals surface area contributed by atoms with E-state index in [0.717, 1.165) is 18.4 Å². The van der Waals surface area contributed by atoms with Crippen LogP contribution in [0.2, 0.25) is 0 Å². The predicted molar refractivity (Wildman–Crippen MR) is 88.7 cm³/mol. The molecule has 1 aromatic carbocycles. The van der Waals surface area contributed by atoms with Gasteiger partial charge >= 0.3 is 0 Å². The summed E-state index contributed by atoms with van der Waals surface area (Å²) >= 11 is 0. The van der Waals surface area contributed by atoms with Crippen molar-refractivity contribution in [3.8, 4) is 0 Å². The van der Waals surface area contributed by atoms with Crippen molar-refractivity contribution in [2.45, 2.75) is 45.6 Å². The second kappa shape index (κ2) is 6.41. The molecule has 1 aliphatic carbocycles. The molecule has 1 N–H and O–H groups in total. The summed E-state index contributed by atoms with van der Waals surface area (Å²) in [6, 6.07) is 8.87. The first-order valence-corrected chi connectivity index (χ1v) is 8.07. The van der Waals surface area contributed by atoms with Gasteiger partial charge in [0.2, 0.25) is 0 Å². The highest BCUT2D eigenvalue weighted by molar-refractivity contribution is 5.91. The molecule has 23 heavy (non-hydrogen) atoms. The molecule has 0 saturated heterocycles. The minimum absolute atomic E-state index is 0.0554. The number of amides is 1. The van der Waals surface area contributed by atoms with Crippen LogP contribution in [0.1, 0.15) is 58.8 Å². The third-order valence-electron chi connectivity index (χ3n) is 4.33. The first-order chi connectivity index (χ1) is 11.0. The molecule has 4 heteroatoms. The van der Waals surface area contributed by atoms with E-state index in [0.29, 0.717) is 5.76 Å². The van der Waals surface area contributed by atoms with Gasteiger partial charge in [0.15, 0.2) is 11.2 Å². The van der Waals surface area contributed by atoms with Gasteiger partial charge in [-0.25, -0.2) is 0 Å². The zero-order valence-corrected chi connectivity index (χ0v) is 13.5. The van der Waals surface area contributed by atoms with E-state index in [2.05, 4.69) is 23.5 Å². The summed E-state index contributed by atoms with van der Waals surface area (Å²) in [5, 5.41) is 2.90. The van der Waals surface area contributed by atoms with E-state index in [-0.39, 0.29) is 23.1 Å². The zero-order valence-electron chi connectivity index (χ0n) is 13.5. The molecule has 1 aliphatic rings. The molecule has 0 bridgehead atoms. The van der Waals surface area contributed by atoms with Crippen molar-refractivity contribution in [2.24, 2.45) is 0 Å². The Balaban J connectivity index is 1.77. The Labute approximate surface area is 135 Å². The first-order valence-electron chi connectivity index (χ1n) is 8.07. The van der Waals surface area contributed by atoms with Gasteiger partial charge in [0.25, 0.3) is 5.91 Å². The Morgan fingerprint density at radius 1 is 1.13 bits per heavy atom. The van der Waals surface area contributed by atoms with Gasteiger partial charge < -0.3 is 9.73 Å². The average Bonchev–Trinajstić information content (AvgIpc) is 2.53. The van der Waals surface area contributed by atoms with Gasteiger partial charge in [0.1, 0.15) is 5.76 Å². The van der Waals surface area contributed by atoms with Crippen LogP contribution in [0, 0.1) is 6.92 Å². The number of rotatable bonds is 3. The second-order valence-electron chi connectivity index (χ2n) is 6.20. The third kappa shape index (κ3) is 3.52. The largest absolute Gasteiger partial charge is 0.456 e. The Morgan fingerprint density at radius 3 is 2.61 bits per heavy atom. The summed E-state index contributed by atoms with van der Waals surface area (Å²) in [7, 11) is 0. The maximum Gasteiger partial charge on any atom is 0.287 e. The minimum atomic E-state index is -0.365. The summed E-state index contributed by atoms with van der Waals surface area (Å²) in [6.07, 6.45) is 4.73. The molecule has 2 aromatic rings. The Kier molecular flexibility index (Phi) is 4.33. The number of nitrogens with one attached hydrogen (secondary N) is 1. The molecule has 0 spiro atoms. The number of carbonyl (C=O) groups excluding carboxylic acids is 1. The van der Waals surface area contributed by atoms with Crippen molar-refractivity contribution in [1.29, 1.82) is 0 Å². The minimum Gasteiger partial charge on any atom is -0.456 e. The SMILES string of the molecule is Cc1cc(=O)cc(C(=O)N[C@H](C)c2ccc3c(c2)CCCC3)o1. The number of hydrogen-bond donors (Lipinski definition) is 1. The highest BCUT2D eigenvalue weighted by atomic mass is 16.3. The number of aryl methyl sites for hydroxylation is 3. The molecular weight excluding hydrogens is 290 g/mol. The van der Waals surface area contributed by atoms with E-state index in [9.17, 15) is 9.59 Å². The molecule has 0 radical (unpaired) electrons. The van der Waals surface area contributed by atoms with Gasteiger partial charge in [-0.05, 0) is 56.2 Å². The van der Waals surface area contributed by atoms with Crippen LogP contribution in [0.3, 0.4) is 0 Å². The standard InChI is InChI=1S/C19H21NO3/c1-12-9-17(21)11-18(23-12)19(22)20-13(2)15-8-7-14-5-3-4-6-16(14)10-15/h7-11,13H,3-6H2,1-2H3,(H,20,22)/t13-/m1/s1. The van der Waals surface area contributed by atoms with Crippen LogP contribution in [0.4, 0.5) is 0 Å². The van der Waals surface area contributed by atoms with Gasteiger partial charge in [-0.3, -0.25) is 9.59 Å². The highest BCUT2D eigenvalue weighted by Crippen LogP contribution is 2.24. The quantitative estimate of drug-likeness (QED) is 0.946. The smallest absolute Gasteiger partial charge is 0.287 e. The van der Waals surface area contributed by atoms with Crippen LogP contribution in [-0.4, -0.2) is 5.91 Å². The number of benzene rings is 1. The summed E-state index contributed by atoms with van der Waals surface area (Å²) < 4.78 is 5.34. The topological polar surface area (TPSA) is 59.3 Å². The normalized spacial score (nSPS) is 14.9. The van der Waals surface area contributed by atoms with Gasteiger partial charge in [-0.1, -0.05) is 18.2 Å². The summed E-state index contributed by atoms with van der Waals surface area (Å²) in [5.74, 6) is 0.125. The van der Waals surface area contributed by atoms with Crippen LogP contribution in [-0.2, 0) is 12.8 Å². The Bertz CT molecular complexity index is 791. The molecule has 4 nitrogen and oxygen atoms in total. The van der Waals surface area contributed by atoms with Crippen molar-refractivity contribution >= 4 is 5.91 Å². The average molecular weight is 311 g/mol. The molecule has 3 rings (SSSR count). The Morgan fingerprint density at radius 2 is 1.87 bits per heavy atom. The fourth-order valence-corrected chi connectivity index (χ4v) is 3.09. The predicted octanol–water partition coefficient (Wildman–Crippen LogP) is 3.32. The lowest BCUT2D eigenvalue weighted by molar-refractivity contribution is 0.0907. The molecule has 0 saturated carbocycles. The maximum atomic E-state index is 12.3. The van der Waals surface area contributed by atoms with Gasteiger partial charge in [-0.2, -0.15) is 0 Å². The monoisotopic (exact) mass is 311 g/mol. The summed E-state index contributed by atoms with van der Waals surface area (Å²) in [6.45, 7) is 3.60. The van der Waals surface area contributed by atoms with Crippen molar-refractivity contribution in [3.63, 3.8) is 0 Å². The molecule has 1 atom stereocenters. The number of carbonyl (C=O) groups is 1. The van der Waals surface area contributed by atoms with E-state index in [1.807, 2.05) is 6.92 Å². The van der Waals surface area contributed by atoms with Crippen LogP contribution < -0.4 is 10.7 Å². The summed E-state index contributed by atoms with van der Waals surface area (Å²) in [5.41, 5.74) is 3.66. The van der Waals surface area contributed by atoms with Crippen LogP contribution in [0.15, 0.2) is 39.5 Å². The van der Waals surface area contributed by atoms with Gasteiger partial charge in [-0.15, -0.1) is 0 Å². The van der Waals surface area contributed by atoms with E-state index in [4.69, 9.17) is 4.42 Å². The third-order valence-corrected chi connectivity index (χ3v) is 4.33. The first kappa shape index (κ1) is 15.5. The van der Waals surface area contributed by atoms with Crippen LogP contribution >= 0.6 is 0 Å². The molecular formula is C19H21NO3. The maximum absolute atomic E-state index is 12.3. The van der Waals surface area contributed by atoms with E-state index in [1.54, 1.807) is 6.92 Å². The fourth-order valence-electron chi connectivity index (χ4n) is 3.09. The lowest BCUT2D eigenvalue weighted by Gasteiger charge is -2.20. The van der Waals surface area contributed by atoms with E-state index < -0.39 is 0 Å². The van der Waals surface area contributed by atoms with Gasteiger partial charge in [0.05, 0.1) is 6.04 Å². The number of fused-ring (bicyclic) bond motifs is 1. The van der Waals surface area contributed by atoms with Crippen LogP contribution in [0.5, 0.6) is 0 Å². The van der Waals surface area contributed by atoms with Crippen molar-refractivity contribution in [1.82, 2.24) is 5.32 Å². The molecule has 120 valence electrons. The molecule has 1 heterocycles. The number of hydrogen-bond acceptors (Lipinski definition) is 3. The van der Waals surface area contributed by atoms with E-state index in [1.165, 1.54) is 36.1 Å². The second-order valence-corrected chi connectivity index (χ2v) is 6.20. The fraction of sp³-hybridized carbons (Fsp3) is 0.368. The summed E-state index contributed by atoms with van der Waals surface area (Å²) in [4.78, 5) is 23.8. The van der Waals surface area contributed by atoms with Crippen LogP contribution in [0.25, 0.3) is 0 Å². The van der Waals surface area contributed by atoms with E-state index >= 15 is 0 Å². The molecule has 0 unspecified atom stereocenters. The molecule has 1 amide bonds. The Hall–Kier alpha value is -2.36. The van der Waals surface area contributed by atoms with Crippen molar-refractivity contribution in [2.75, 3.05) is 0 Å². The van der Waals surface area contributed by atoms with Crippen molar-refractivity contribution in [3.05, 3.63) is 68.8 Å². The van der Waals surface area contributed by atoms with Crippen molar-refractivity contribution < 1.29 is 9.21 Å². The molecule has 0 fully saturated rings. The highest BCUT2D eigenvalue weighted by Gasteiger charge is 2.16. The molecule has 0 aliphatic heterocycles. The zero-order chi connectivity index (χ0) is 16.4. The van der Waals surface area contributed by atoms with Gasteiger partial charge in [0, 0.05) is 12.1 Å². The lowest BCUT2D eigenvalue weighted by atomic mass is 9.89. The lowest BCUT2D eigenvalue weighted by Crippen LogP contribution is -2.27. The molecule has 1 aromatic heterocycles.